The molecule has 1 N–H and O–H groups in total. The Hall–Kier alpha value is -1.10. The Morgan fingerprint density at radius 3 is 2.50 bits per heavy atom. The largest absolute Gasteiger partial charge is 0.433 e. The van der Waals surface area contributed by atoms with E-state index in [1.807, 2.05) is 0 Å². The predicted molar refractivity (Wildman–Crippen MR) is 34.6 cm³/mol. The van der Waals surface area contributed by atoms with Crippen molar-refractivity contribution in [1.82, 2.24) is 4.98 Å². The van der Waals surface area contributed by atoms with Gasteiger partial charge in [0.15, 0.2) is 0 Å². The number of alkyl halides is 3. The summed E-state index contributed by atoms with van der Waals surface area (Å²) in [5, 5.41) is 8.37. The Morgan fingerprint density at radius 2 is 2.00 bits per heavy atom. The maximum Gasteiger partial charge on any atom is 0.433 e. The van der Waals surface area contributed by atoms with Crippen molar-refractivity contribution in [3.05, 3.63) is 36.2 Å². The zero-order valence-corrected chi connectivity index (χ0v) is 5.84. The fourth-order valence-electron chi connectivity index (χ4n) is 0.681. The van der Waals surface area contributed by atoms with Crippen LogP contribution in [-0.2, 0) is 6.18 Å². The molecule has 65 valence electrons. The summed E-state index contributed by atoms with van der Waals surface area (Å²) < 4.78 is 35.8. The number of hydrogen-bond acceptors (Lipinski definition) is 2. The number of pyridine rings is 1. The van der Waals surface area contributed by atoms with Crippen LogP contribution >= 0.6 is 0 Å². The molecule has 0 unspecified atom stereocenters. The molecule has 0 saturated heterocycles. The summed E-state index contributed by atoms with van der Waals surface area (Å²) in [6.45, 7) is 0.523. The number of aromatic nitrogens is 1. The highest BCUT2D eigenvalue weighted by molar-refractivity contribution is 5.16. The monoisotopic (exact) mass is 176 g/mol. The van der Waals surface area contributed by atoms with E-state index in [0.717, 1.165) is 6.07 Å². The van der Waals surface area contributed by atoms with Gasteiger partial charge in [0.25, 0.3) is 0 Å². The van der Waals surface area contributed by atoms with E-state index < -0.39 is 11.9 Å². The highest BCUT2D eigenvalue weighted by atomic mass is 19.4. The van der Waals surface area contributed by atoms with Crippen LogP contribution in [0.2, 0.25) is 0 Å². The minimum atomic E-state index is -4.46. The molecule has 0 amide bonds. The average molecular weight is 176 g/mol. The molecule has 12 heavy (non-hydrogen) atoms. The van der Waals surface area contributed by atoms with E-state index in [2.05, 4.69) is 4.98 Å². The first-order valence-electron chi connectivity index (χ1n) is 3.06. The van der Waals surface area contributed by atoms with Gasteiger partial charge in [-0.25, -0.2) is 4.98 Å². The molecule has 0 aliphatic carbocycles. The number of halogens is 3. The molecule has 5 heteroatoms. The third kappa shape index (κ3) is 1.94. The third-order valence-corrected chi connectivity index (χ3v) is 1.19. The summed E-state index contributed by atoms with van der Waals surface area (Å²) in [7, 11) is 0. The van der Waals surface area contributed by atoms with E-state index >= 15 is 0 Å². The van der Waals surface area contributed by atoms with E-state index in [1.54, 1.807) is 0 Å². The summed E-state index contributed by atoms with van der Waals surface area (Å²) in [6, 6.07) is 3.29. The van der Waals surface area contributed by atoms with Gasteiger partial charge in [-0.15, -0.1) is 0 Å². The summed E-state index contributed by atoms with van der Waals surface area (Å²) in [5.41, 5.74) is -1.12. The second-order valence-electron chi connectivity index (χ2n) is 2.07. The second-order valence-corrected chi connectivity index (χ2v) is 2.07. The van der Waals surface area contributed by atoms with Crippen molar-refractivity contribution in [2.75, 3.05) is 0 Å². The Balaban J connectivity index is 3.02. The highest BCUT2D eigenvalue weighted by Crippen LogP contribution is 2.27. The van der Waals surface area contributed by atoms with Crippen molar-refractivity contribution >= 4 is 0 Å². The Kier molecular flexibility index (Phi) is 2.32. The van der Waals surface area contributed by atoms with Gasteiger partial charge in [0.2, 0.25) is 0 Å². The van der Waals surface area contributed by atoms with Crippen molar-refractivity contribution in [3.8, 4) is 0 Å². The normalized spacial score (nSPS) is 11.7. The number of rotatable bonds is 1. The van der Waals surface area contributed by atoms with Gasteiger partial charge in [0.05, 0.1) is 5.69 Å². The summed E-state index contributed by atoms with van der Waals surface area (Å²) in [4.78, 5) is 3.13. The number of aliphatic hydroxyl groups is 1. The van der Waals surface area contributed by atoms with Gasteiger partial charge < -0.3 is 5.11 Å². The molecule has 0 aliphatic heterocycles. The standard InChI is InChI=1S/C7H5F3NO/c8-7(9,10)6-3-1-2-5(4-12)11-6/h1-4,12H. The molecule has 1 rings (SSSR count). The molecular weight excluding hydrogens is 171 g/mol. The molecule has 1 aromatic heterocycles. The maximum atomic E-state index is 11.9. The lowest BCUT2D eigenvalue weighted by Crippen LogP contribution is -2.08. The Bertz CT molecular complexity index is 272. The lowest BCUT2D eigenvalue weighted by molar-refractivity contribution is -0.141. The maximum absolute atomic E-state index is 11.9. The first-order chi connectivity index (χ1) is 5.54. The van der Waals surface area contributed by atoms with Gasteiger partial charge in [0, 0.05) is 0 Å². The molecule has 0 bridgehead atoms. The van der Waals surface area contributed by atoms with Gasteiger partial charge in [0.1, 0.15) is 12.3 Å². The van der Waals surface area contributed by atoms with Crippen LogP contribution < -0.4 is 0 Å². The zero-order valence-electron chi connectivity index (χ0n) is 5.84. The highest BCUT2D eigenvalue weighted by Gasteiger charge is 2.32. The molecule has 0 aliphatic rings. The Morgan fingerprint density at radius 1 is 1.33 bits per heavy atom. The SMILES string of the molecule is O[CH]c1cccc(C(F)(F)F)n1. The van der Waals surface area contributed by atoms with Crippen LogP contribution in [0.25, 0.3) is 0 Å². The number of nitrogens with zero attached hydrogens (tertiary/aromatic N) is 1. The lowest BCUT2D eigenvalue weighted by Gasteiger charge is -2.05. The minimum absolute atomic E-state index is 0.107. The topological polar surface area (TPSA) is 33.1 Å². The first-order valence-corrected chi connectivity index (χ1v) is 3.06. The fourth-order valence-corrected chi connectivity index (χ4v) is 0.681. The number of aliphatic hydroxyl groups excluding tert-OH is 1. The molecule has 2 nitrogen and oxygen atoms in total. The predicted octanol–water partition coefficient (Wildman–Crippen LogP) is 1.98. The van der Waals surface area contributed by atoms with Crippen LogP contribution in [0.15, 0.2) is 18.2 Å². The Labute approximate surface area is 66.7 Å². The van der Waals surface area contributed by atoms with Crippen LogP contribution in [-0.4, -0.2) is 10.1 Å². The van der Waals surface area contributed by atoms with Crippen LogP contribution in [0.1, 0.15) is 11.4 Å². The average Bonchev–Trinajstić information content (AvgIpc) is 2.03. The van der Waals surface area contributed by atoms with Gasteiger partial charge in [-0.05, 0) is 12.1 Å². The summed E-state index contributed by atoms with van der Waals surface area (Å²) in [6.07, 6.45) is -4.46. The molecule has 0 fully saturated rings. The molecule has 0 saturated carbocycles. The van der Waals surface area contributed by atoms with Crippen LogP contribution in [0, 0.1) is 6.61 Å². The summed E-state index contributed by atoms with van der Waals surface area (Å²) in [5.74, 6) is 0. The third-order valence-electron chi connectivity index (χ3n) is 1.19. The van der Waals surface area contributed by atoms with Crippen LogP contribution in [0.4, 0.5) is 13.2 Å². The summed E-state index contributed by atoms with van der Waals surface area (Å²) >= 11 is 0. The van der Waals surface area contributed by atoms with Gasteiger partial charge in [-0.2, -0.15) is 13.2 Å². The van der Waals surface area contributed by atoms with Gasteiger partial charge >= 0.3 is 6.18 Å². The van der Waals surface area contributed by atoms with Crippen molar-refractivity contribution in [1.29, 1.82) is 0 Å². The van der Waals surface area contributed by atoms with E-state index in [4.69, 9.17) is 5.11 Å². The number of hydrogen-bond donors (Lipinski definition) is 1. The molecule has 0 aromatic carbocycles. The van der Waals surface area contributed by atoms with Crippen LogP contribution in [0.3, 0.4) is 0 Å². The lowest BCUT2D eigenvalue weighted by atomic mass is 10.3. The molecule has 0 spiro atoms. The zero-order chi connectivity index (χ0) is 9.19. The van der Waals surface area contributed by atoms with Crippen molar-refractivity contribution < 1.29 is 18.3 Å². The van der Waals surface area contributed by atoms with Gasteiger partial charge in [-0.1, -0.05) is 6.07 Å². The molecular formula is C7H5F3NO. The van der Waals surface area contributed by atoms with Crippen molar-refractivity contribution in [3.63, 3.8) is 0 Å². The quantitative estimate of drug-likeness (QED) is 0.709. The van der Waals surface area contributed by atoms with Crippen molar-refractivity contribution in [2.24, 2.45) is 0 Å². The minimum Gasteiger partial charge on any atom is -0.384 e. The fraction of sp³-hybridized carbons (Fsp3) is 0.143. The van der Waals surface area contributed by atoms with E-state index in [9.17, 15) is 13.2 Å². The van der Waals surface area contributed by atoms with E-state index in [-0.39, 0.29) is 5.69 Å². The molecule has 1 heterocycles. The van der Waals surface area contributed by atoms with E-state index in [0.29, 0.717) is 6.61 Å². The second kappa shape index (κ2) is 3.10. The van der Waals surface area contributed by atoms with Crippen LogP contribution in [0.5, 0.6) is 0 Å². The van der Waals surface area contributed by atoms with Gasteiger partial charge in [-0.3, -0.25) is 0 Å². The molecule has 1 radical (unpaired) electrons. The van der Waals surface area contributed by atoms with E-state index in [1.165, 1.54) is 12.1 Å². The molecule has 1 aromatic rings. The smallest absolute Gasteiger partial charge is 0.384 e. The van der Waals surface area contributed by atoms with Crippen molar-refractivity contribution in [2.45, 2.75) is 6.18 Å². The first kappa shape index (κ1) is 8.99. The molecule has 0 atom stereocenters.